The monoisotopic (exact) mass is 1200 g/mol. The molecule has 5 unspecified atom stereocenters. The number of amides is 2. The number of aliphatic hydroxyl groups is 4. The molecule has 1 aromatic rings. The van der Waals surface area contributed by atoms with Crippen LogP contribution in [-0.4, -0.2) is 107 Å². The van der Waals surface area contributed by atoms with E-state index in [4.69, 9.17) is 28.8 Å². The lowest BCUT2D eigenvalue weighted by Gasteiger charge is -2.18. The zero-order chi connectivity index (χ0) is 62.2. The van der Waals surface area contributed by atoms with Crippen LogP contribution < -0.4 is 10.6 Å². The minimum Gasteiger partial charge on any atom is -0.462 e. The van der Waals surface area contributed by atoms with Gasteiger partial charge in [-0.05, 0) is 121 Å². The van der Waals surface area contributed by atoms with E-state index in [1.165, 1.54) is 38.5 Å². The van der Waals surface area contributed by atoms with E-state index in [1.54, 1.807) is 25.1 Å². The molecule has 0 spiro atoms. The Morgan fingerprint density at radius 2 is 0.871 bits per heavy atom. The molecule has 16 heteroatoms. The van der Waals surface area contributed by atoms with E-state index in [0.717, 1.165) is 160 Å². The predicted octanol–water partition coefficient (Wildman–Crippen LogP) is 16.5. The summed E-state index contributed by atoms with van der Waals surface area (Å²) in [5, 5.41) is 44.1. The maximum Gasteiger partial charge on any atom is 0.411 e. The summed E-state index contributed by atoms with van der Waals surface area (Å²) < 4.78 is 27.7. The van der Waals surface area contributed by atoms with Gasteiger partial charge in [-0.15, -0.1) is 0 Å². The molecule has 0 bridgehead atoms. The molecule has 2 amide bonds. The molecule has 85 heavy (non-hydrogen) atoms. The standard InChI is InChI=1S/C69H118N2O14/c1-5-8-11-32-41-59(73)43-34-26-20-14-17-23-29-38-47-65(76)81-55-63(84-67(78)49-40-31-25-18-15-21-27-35-44-60(74)42-33-12-9-6-2)56-82-66(77)48-39-30-24-19-16-22-28-37-46-62(45-36-13-10-7-3)85-69(80)70-58-51-50-57(4)64(52-58)71-68(79)83-54-61(75)53-72/h26-28,34-35,37,50-52,59-63,72-75H,5-25,29-33,36,38-49,53-56H2,1-4H3,(H,70,80)(H,71,79)/b34-26-,35-27+,37-28-. The van der Waals surface area contributed by atoms with Gasteiger partial charge in [-0.25, -0.2) is 9.59 Å². The molecule has 16 nitrogen and oxygen atoms in total. The Labute approximate surface area is 513 Å². The van der Waals surface area contributed by atoms with Crippen LogP contribution >= 0.6 is 0 Å². The largest absolute Gasteiger partial charge is 0.462 e. The number of carbonyl (C=O) groups is 5. The number of aryl methyl sites for hydroxylation is 1. The number of aliphatic hydroxyl groups excluding tert-OH is 4. The first-order valence-corrected chi connectivity index (χ1v) is 33.4. The summed E-state index contributed by atoms with van der Waals surface area (Å²) in [6.45, 7) is 7.07. The summed E-state index contributed by atoms with van der Waals surface area (Å²) >= 11 is 0. The van der Waals surface area contributed by atoms with Crippen molar-refractivity contribution in [2.24, 2.45) is 0 Å². The van der Waals surface area contributed by atoms with E-state index >= 15 is 0 Å². The van der Waals surface area contributed by atoms with Crippen molar-refractivity contribution in [3.63, 3.8) is 0 Å². The molecule has 0 aromatic heterocycles. The molecule has 1 aromatic carbocycles. The van der Waals surface area contributed by atoms with Crippen LogP contribution in [0.15, 0.2) is 54.7 Å². The lowest BCUT2D eigenvalue weighted by atomic mass is 10.1. The van der Waals surface area contributed by atoms with Gasteiger partial charge in [0.1, 0.15) is 32.0 Å². The third-order valence-electron chi connectivity index (χ3n) is 14.9. The zero-order valence-electron chi connectivity index (χ0n) is 53.4. The smallest absolute Gasteiger partial charge is 0.411 e. The molecular weight excluding hydrogens is 1080 g/mol. The lowest BCUT2D eigenvalue weighted by molar-refractivity contribution is -0.167. The molecule has 5 atom stereocenters. The average Bonchev–Trinajstić information content (AvgIpc) is 3.63. The first-order chi connectivity index (χ1) is 41.3. The van der Waals surface area contributed by atoms with Crippen LogP contribution in [0.3, 0.4) is 0 Å². The first-order valence-electron chi connectivity index (χ1n) is 33.4. The van der Waals surface area contributed by atoms with Gasteiger partial charge in [-0.3, -0.25) is 25.0 Å². The zero-order valence-corrected chi connectivity index (χ0v) is 53.4. The molecule has 0 aliphatic rings. The second-order valence-electron chi connectivity index (χ2n) is 23.1. The number of nitrogens with one attached hydrogen (secondary N) is 2. The van der Waals surface area contributed by atoms with Crippen molar-refractivity contribution in [1.29, 1.82) is 0 Å². The minimum absolute atomic E-state index is 0.172. The second-order valence-corrected chi connectivity index (χ2v) is 23.1. The number of hydrogen-bond acceptors (Lipinski definition) is 14. The van der Waals surface area contributed by atoms with Crippen LogP contribution in [0.1, 0.15) is 277 Å². The van der Waals surface area contributed by atoms with Gasteiger partial charge in [0.05, 0.1) is 18.8 Å². The quantitative estimate of drug-likeness (QED) is 0.0154. The normalized spacial score (nSPS) is 13.4. The van der Waals surface area contributed by atoms with E-state index in [2.05, 4.69) is 67.9 Å². The van der Waals surface area contributed by atoms with Crippen molar-refractivity contribution in [2.45, 2.75) is 309 Å². The Kier molecular flexibility index (Phi) is 51.4. The van der Waals surface area contributed by atoms with E-state index in [0.29, 0.717) is 49.9 Å². The topological polar surface area (TPSA) is 236 Å². The molecule has 0 aliphatic heterocycles. The van der Waals surface area contributed by atoms with E-state index < -0.39 is 37.0 Å². The number of allylic oxidation sites excluding steroid dienone is 3. The van der Waals surface area contributed by atoms with Crippen LogP contribution in [0.25, 0.3) is 0 Å². The van der Waals surface area contributed by atoms with Crippen molar-refractivity contribution < 1.29 is 68.1 Å². The SMILES string of the molecule is CCCCCCC(O)C/C=C\CCCCCCCC(=O)OCC(COC(=O)CCCCCCC/C=C\CC(CCCCCC)OC(=O)Nc1ccc(C)c(NC(=O)OCC(O)CO)c1)OC(=O)CCCCCCC/C=C/CC(O)CCCCCC. The van der Waals surface area contributed by atoms with Crippen molar-refractivity contribution in [3.05, 3.63) is 60.2 Å². The maximum absolute atomic E-state index is 13.0. The number of anilines is 2. The van der Waals surface area contributed by atoms with Gasteiger partial charge in [0.15, 0.2) is 6.10 Å². The van der Waals surface area contributed by atoms with E-state index in [-0.39, 0.29) is 69.3 Å². The van der Waals surface area contributed by atoms with Crippen molar-refractivity contribution in [3.8, 4) is 0 Å². The van der Waals surface area contributed by atoms with Gasteiger partial charge in [0, 0.05) is 37.1 Å². The molecule has 1 rings (SSSR count). The number of esters is 3. The van der Waals surface area contributed by atoms with Crippen molar-refractivity contribution >= 4 is 41.5 Å². The van der Waals surface area contributed by atoms with Gasteiger partial charge in [0.2, 0.25) is 0 Å². The maximum atomic E-state index is 13.0. The van der Waals surface area contributed by atoms with Gasteiger partial charge < -0.3 is 44.1 Å². The van der Waals surface area contributed by atoms with Crippen LogP contribution in [0.5, 0.6) is 0 Å². The van der Waals surface area contributed by atoms with E-state index in [9.17, 15) is 39.3 Å². The molecule has 0 saturated heterocycles. The fourth-order valence-electron chi connectivity index (χ4n) is 9.55. The molecule has 0 fully saturated rings. The summed E-state index contributed by atoms with van der Waals surface area (Å²) in [5.74, 6) is -1.15. The highest BCUT2D eigenvalue weighted by Crippen LogP contribution is 2.23. The fraction of sp³-hybridized carbons (Fsp3) is 0.754. The van der Waals surface area contributed by atoms with Gasteiger partial charge in [0.25, 0.3) is 0 Å². The fourth-order valence-corrected chi connectivity index (χ4v) is 9.55. The van der Waals surface area contributed by atoms with Gasteiger partial charge >= 0.3 is 30.1 Å². The summed E-state index contributed by atoms with van der Waals surface area (Å²) in [5.41, 5.74) is 1.57. The van der Waals surface area contributed by atoms with Gasteiger partial charge in [-0.1, -0.05) is 192 Å². The number of rotatable bonds is 56. The Balaban J connectivity index is 2.54. The average molecular weight is 1200 g/mol. The summed E-state index contributed by atoms with van der Waals surface area (Å²) in [6, 6.07) is 5.04. The van der Waals surface area contributed by atoms with Crippen LogP contribution in [0, 0.1) is 6.92 Å². The van der Waals surface area contributed by atoms with Gasteiger partial charge in [-0.2, -0.15) is 0 Å². The second kappa shape index (κ2) is 55.8. The summed E-state index contributed by atoms with van der Waals surface area (Å²) in [4.78, 5) is 63.8. The van der Waals surface area contributed by atoms with Crippen molar-refractivity contribution in [2.75, 3.05) is 37.1 Å². The minimum atomic E-state index is -1.18. The Morgan fingerprint density at radius 3 is 1.35 bits per heavy atom. The highest BCUT2D eigenvalue weighted by atomic mass is 16.6. The van der Waals surface area contributed by atoms with Crippen molar-refractivity contribution in [1.82, 2.24) is 0 Å². The van der Waals surface area contributed by atoms with Crippen LogP contribution in [0.2, 0.25) is 0 Å². The molecule has 0 heterocycles. The highest BCUT2D eigenvalue weighted by Gasteiger charge is 2.20. The van der Waals surface area contributed by atoms with Crippen LogP contribution in [0.4, 0.5) is 21.0 Å². The predicted molar refractivity (Wildman–Crippen MR) is 341 cm³/mol. The molecule has 6 N–H and O–H groups in total. The molecule has 0 saturated carbocycles. The van der Waals surface area contributed by atoms with E-state index in [1.807, 2.05) is 0 Å². The summed E-state index contributed by atoms with van der Waals surface area (Å²) in [7, 11) is 0. The molecule has 0 aliphatic carbocycles. The first kappa shape index (κ1) is 78.2. The molecular formula is C69H118N2O14. The molecule has 0 radical (unpaired) electrons. The summed E-state index contributed by atoms with van der Waals surface area (Å²) in [6.07, 6.45) is 43.9. The Hall–Kier alpha value is -4.77. The third-order valence-corrected chi connectivity index (χ3v) is 14.9. The third kappa shape index (κ3) is 49.0. The number of ether oxygens (including phenoxy) is 5. The number of benzene rings is 1. The Morgan fingerprint density at radius 1 is 0.435 bits per heavy atom. The molecule has 488 valence electrons. The van der Waals surface area contributed by atoms with Crippen LogP contribution in [-0.2, 0) is 38.1 Å². The highest BCUT2D eigenvalue weighted by molar-refractivity contribution is 5.89. The lowest BCUT2D eigenvalue weighted by Crippen LogP contribution is -2.30. The number of hydrogen-bond donors (Lipinski definition) is 6. The Bertz CT molecular complexity index is 1920. The number of unbranched alkanes of at least 4 members (excludes halogenated alkanes) is 24. The number of carbonyl (C=O) groups excluding carboxylic acids is 5.